The average molecular weight is 441 g/mol. The lowest BCUT2D eigenvalue weighted by Crippen LogP contribution is -2.50. The van der Waals surface area contributed by atoms with Crippen LogP contribution < -0.4 is 25.4 Å². The first-order valence-corrected chi connectivity index (χ1v) is 9.38. The molecule has 1 aliphatic carbocycles. The lowest BCUT2D eigenvalue weighted by molar-refractivity contribution is -0.128. The number of ether oxygens (including phenoxy) is 3. The normalized spacial score (nSPS) is 22.7. The molecule has 0 bridgehead atoms. The molecule has 12 heteroatoms. The van der Waals surface area contributed by atoms with Gasteiger partial charge in [0.05, 0.1) is 25.5 Å². The Kier molecular flexibility index (Phi) is 6.27. The Morgan fingerprint density at radius 3 is 2.35 bits per heavy atom. The van der Waals surface area contributed by atoms with Crippen molar-refractivity contribution in [3.05, 3.63) is 17.7 Å². The number of methoxy groups -OCH3 is 2. The fraction of sp³-hybridized carbons (Fsp3) is 0.474. The van der Waals surface area contributed by atoms with Gasteiger partial charge in [-0.2, -0.15) is 8.78 Å². The van der Waals surface area contributed by atoms with E-state index in [4.69, 9.17) is 9.47 Å². The summed E-state index contributed by atoms with van der Waals surface area (Å²) in [5.41, 5.74) is -1.21. The molecule has 4 amide bonds. The highest BCUT2D eigenvalue weighted by Crippen LogP contribution is 2.37. The Labute approximate surface area is 175 Å². The molecule has 168 valence electrons. The van der Waals surface area contributed by atoms with Crippen LogP contribution in [0.2, 0.25) is 0 Å². The number of halogens is 2. The molecule has 3 N–H and O–H groups in total. The molecule has 3 rings (SSSR count). The molecule has 1 spiro atoms. The summed E-state index contributed by atoms with van der Waals surface area (Å²) >= 11 is 0. The molecule has 0 radical (unpaired) electrons. The van der Waals surface area contributed by atoms with Gasteiger partial charge in [-0.05, 0) is 25.7 Å². The minimum absolute atomic E-state index is 0.0829. The van der Waals surface area contributed by atoms with Gasteiger partial charge in [0.1, 0.15) is 5.54 Å². The molecule has 31 heavy (non-hydrogen) atoms. The largest absolute Gasteiger partial charge is 0.493 e. The molecule has 2 fully saturated rings. The summed E-state index contributed by atoms with van der Waals surface area (Å²) < 4.78 is 39.5. The predicted octanol–water partition coefficient (Wildman–Crippen LogP) is 1.79. The molecule has 1 heterocycles. The number of carbonyl (C=O) groups excluding carboxylic acids is 4. The standard InChI is InChI=1S/C19H21F2N3O7/c1-29-12-7-10(15(26)30-2)11(8-13(12)31-17(20)21)22-14(25)9-3-5-19(6-4-9)16(27)23-18(28)24-19/h7-9,17H,3-6H2,1-2H3,(H,22,25)(H2,23,24,27,28). The zero-order valence-corrected chi connectivity index (χ0v) is 16.8. The third-order valence-electron chi connectivity index (χ3n) is 5.41. The van der Waals surface area contributed by atoms with E-state index in [0.29, 0.717) is 12.8 Å². The molecule has 1 aromatic carbocycles. The van der Waals surface area contributed by atoms with Gasteiger partial charge < -0.3 is 24.8 Å². The summed E-state index contributed by atoms with van der Waals surface area (Å²) in [7, 11) is 2.34. The number of urea groups is 1. The van der Waals surface area contributed by atoms with Crippen LogP contribution in [0, 0.1) is 5.92 Å². The Morgan fingerprint density at radius 1 is 1.16 bits per heavy atom. The maximum absolute atomic E-state index is 12.8. The molecule has 1 aromatic rings. The van der Waals surface area contributed by atoms with E-state index in [2.05, 4.69) is 20.7 Å². The molecule has 1 saturated heterocycles. The first-order valence-electron chi connectivity index (χ1n) is 9.38. The third-order valence-corrected chi connectivity index (χ3v) is 5.41. The summed E-state index contributed by atoms with van der Waals surface area (Å²) in [6.07, 6.45) is 1.11. The second-order valence-electron chi connectivity index (χ2n) is 7.17. The molecule has 0 aromatic heterocycles. The van der Waals surface area contributed by atoms with E-state index in [0.717, 1.165) is 19.2 Å². The highest BCUT2D eigenvalue weighted by molar-refractivity contribution is 6.07. The van der Waals surface area contributed by atoms with Crippen molar-refractivity contribution in [1.29, 1.82) is 0 Å². The van der Waals surface area contributed by atoms with Crippen molar-refractivity contribution in [2.24, 2.45) is 5.92 Å². The van der Waals surface area contributed by atoms with Gasteiger partial charge in [-0.3, -0.25) is 14.9 Å². The molecule has 0 atom stereocenters. The number of anilines is 1. The summed E-state index contributed by atoms with van der Waals surface area (Å²) in [4.78, 5) is 48.4. The van der Waals surface area contributed by atoms with E-state index in [1.54, 1.807) is 0 Å². The predicted molar refractivity (Wildman–Crippen MR) is 101 cm³/mol. The SMILES string of the molecule is COC(=O)c1cc(OC)c(OC(F)F)cc1NC(=O)C1CCC2(CC1)NC(=O)NC2=O. The van der Waals surface area contributed by atoms with Crippen molar-refractivity contribution < 1.29 is 42.2 Å². The van der Waals surface area contributed by atoms with Crippen molar-refractivity contribution >= 4 is 29.5 Å². The zero-order chi connectivity index (χ0) is 22.8. The average Bonchev–Trinajstić information content (AvgIpc) is 3.00. The van der Waals surface area contributed by atoms with E-state index in [1.165, 1.54) is 7.11 Å². The van der Waals surface area contributed by atoms with E-state index in [9.17, 15) is 28.0 Å². The number of esters is 1. The Bertz CT molecular complexity index is 914. The molecule has 10 nitrogen and oxygen atoms in total. The Hall–Kier alpha value is -3.44. The molecular formula is C19H21F2N3O7. The summed E-state index contributed by atoms with van der Waals surface area (Å²) in [6.45, 7) is -3.15. The molecule has 1 saturated carbocycles. The number of benzene rings is 1. The number of imide groups is 1. The van der Waals surface area contributed by atoms with Crippen LogP contribution in [0.15, 0.2) is 12.1 Å². The Morgan fingerprint density at radius 2 is 1.84 bits per heavy atom. The van der Waals surface area contributed by atoms with Crippen molar-refractivity contribution in [3.63, 3.8) is 0 Å². The summed E-state index contributed by atoms with van der Waals surface area (Å²) in [5, 5.41) is 7.35. The van der Waals surface area contributed by atoms with E-state index >= 15 is 0 Å². The van der Waals surface area contributed by atoms with Gasteiger partial charge in [0, 0.05) is 18.1 Å². The van der Waals surface area contributed by atoms with E-state index < -0.39 is 41.9 Å². The number of hydrogen-bond acceptors (Lipinski definition) is 7. The van der Waals surface area contributed by atoms with Crippen LogP contribution in [0.25, 0.3) is 0 Å². The summed E-state index contributed by atoms with van der Waals surface area (Å²) in [5.74, 6) is -2.74. The third kappa shape index (κ3) is 4.52. The monoisotopic (exact) mass is 441 g/mol. The highest BCUT2D eigenvalue weighted by Gasteiger charge is 2.49. The topological polar surface area (TPSA) is 132 Å². The van der Waals surface area contributed by atoms with Gasteiger partial charge in [0.2, 0.25) is 5.91 Å². The van der Waals surface area contributed by atoms with Gasteiger partial charge in [0.15, 0.2) is 11.5 Å². The Balaban J connectivity index is 1.79. The maximum atomic E-state index is 12.8. The van der Waals surface area contributed by atoms with Crippen LogP contribution >= 0.6 is 0 Å². The fourth-order valence-corrected chi connectivity index (χ4v) is 3.78. The fourth-order valence-electron chi connectivity index (χ4n) is 3.78. The molecule has 1 aliphatic heterocycles. The van der Waals surface area contributed by atoms with E-state index in [-0.39, 0.29) is 35.6 Å². The number of rotatable bonds is 6. The van der Waals surface area contributed by atoms with Crippen molar-refractivity contribution in [2.45, 2.75) is 37.8 Å². The van der Waals surface area contributed by atoms with Crippen molar-refractivity contribution in [1.82, 2.24) is 10.6 Å². The molecular weight excluding hydrogens is 420 g/mol. The smallest absolute Gasteiger partial charge is 0.387 e. The van der Waals surface area contributed by atoms with Crippen molar-refractivity contribution in [3.8, 4) is 11.5 Å². The quantitative estimate of drug-likeness (QED) is 0.453. The number of carbonyl (C=O) groups is 4. The molecule has 0 unspecified atom stereocenters. The number of nitrogens with one attached hydrogen (secondary N) is 3. The van der Waals surface area contributed by atoms with Crippen molar-refractivity contribution in [2.75, 3.05) is 19.5 Å². The second-order valence-corrected chi connectivity index (χ2v) is 7.17. The molecule has 2 aliphatic rings. The van der Waals surface area contributed by atoms with Gasteiger partial charge in [-0.1, -0.05) is 0 Å². The zero-order valence-electron chi connectivity index (χ0n) is 16.8. The van der Waals surface area contributed by atoms with Gasteiger partial charge >= 0.3 is 18.6 Å². The van der Waals surface area contributed by atoms with Crippen LogP contribution in [0.3, 0.4) is 0 Å². The van der Waals surface area contributed by atoms with E-state index in [1.807, 2.05) is 0 Å². The lowest BCUT2D eigenvalue weighted by Gasteiger charge is -2.34. The van der Waals surface area contributed by atoms with Crippen LogP contribution in [0.4, 0.5) is 19.3 Å². The lowest BCUT2D eigenvalue weighted by atomic mass is 9.76. The summed E-state index contributed by atoms with van der Waals surface area (Å²) in [6, 6.07) is 1.62. The van der Waals surface area contributed by atoms with Crippen LogP contribution in [0.1, 0.15) is 36.0 Å². The number of hydrogen-bond donors (Lipinski definition) is 3. The number of alkyl halides is 2. The first-order chi connectivity index (χ1) is 14.7. The first kappa shape index (κ1) is 22.2. The highest BCUT2D eigenvalue weighted by atomic mass is 19.3. The minimum atomic E-state index is -3.15. The minimum Gasteiger partial charge on any atom is -0.493 e. The van der Waals surface area contributed by atoms with Crippen LogP contribution in [-0.4, -0.2) is 50.2 Å². The maximum Gasteiger partial charge on any atom is 0.387 e. The number of amides is 4. The second kappa shape index (κ2) is 8.74. The van der Waals surface area contributed by atoms with Crippen LogP contribution in [-0.2, 0) is 14.3 Å². The van der Waals surface area contributed by atoms with Gasteiger partial charge in [0.25, 0.3) is 5.91 Å². The van der Waals surface area contributed by atoms with Crippen LogP contribution in [0.5, 0.6) is 11.5 Å². The van der Waals surface area contributed by atoms with Gasteiger partial charge in [-0.15, -0.1) is 0 Å². The van der Waals surface area contributed by atoms with Gasteiger partial charge in [-0.25, -0.2) is 9.59 Å².